The van der Waals surface area contributed by atoms with E-state index in [2.05, 4.69) is 10.1 Å². The van der Waals surface area contributed by atoms with E-state index in [-0.39, 0.29) is 10.8 Å². The summed E-state index contributed by atoms with van der Waals surface area (Å²) in [6, 6.07) is 7.73. The van der Waals surface area contributed by atoms with Gasteiger partial charge in [-0.05, 0) is 37.3 Å². The van der Waals surface area contributed by atoms with Crippen LogP contribution in [0.1, 0.15) is 5.69 Å². The number of pyridine rings is 1. The minimum Gasteiger partial charge on any atom is -0.380 e. The van der Waals surface area contributed by atoms with Crippen LogP contribution in [0.3, 0.4) is 0 Å². The van der Waals surface area contributed by atoms with Crippen molar-refractivity contribution in [2.75, 3.05) is 5.73 Å². The summed E-state index contributed by atoms with van der Waals surface area (Å²) in [7, 11) is 0. The second-order valence-corrected chi connectivity index (χ2v) is 4.94. The van der Waals surface area contributed by atoms with Crippen molar-refractivity contribution in [1.82, 2.24) is 10.1 Å². The third-order valence-corrected chi connectivity index (χ3v) is 3.48. The molecule has 3 rings (SSSR count). The molecule has 0 saturated carbocycles. The average Bonchev–Trinajstić information content (AvgIpc) is 2.81. The Morgan fingerprint density at radius 1 is 1.24 bits per heavy atom. The van der Waals surface area contributed by atoms with E-state index in [0.717, 1.165) is 11.3 Å². The van der Waals surface area contributed by atoms with Gasteiger partial charge in [-0.15, -0.1) is 0 Å². The summed E-state index contributed by atoms with van der Waals surface area (Å²) in [4.78, 5) is 4.21. The van der Waals surface area contributed by atoms with Crippen molar-refractivity contribution in [3.63, 3.8) is 0 Å². The fourth-order valence-electron chi connectivity index (χ4n) is 2.16. The molecule has 1 aromatic carbocycles. The molecule has 0 unspecified atom stereocenters. The van der Waals surface area contributed by atoms with Crippen LogP contribution in [0.15, 0.2) is 41.1 Å². The highest BCUT2D eigenvalue weighted by Gasteiger charge is 2.21. The minimum atomic E-state index is -0.419. The zero-order valence-corrected chi connectivity index (χ0v) is 11.9. The van der Waals surface area contributed by atoms with Crippen LogP contribution in [0.2, 0.25) is 5.02 Å². The molecule has 106 valence electrons. The Labute approximate surface area is 125 Å². The summed E-state index contributed by atoms with van der Waals surface area (Å²) in [6.07, 6.45) is 1.68. The van der Waals surface area contributed by atoms with Crippen LogP contribution in [0.25, 0.3) is 22.5 Å². The highest BCUT2D eigenvalue weighted by atomic mass is 35.5. The number of hydrogen-bond donors (Lipinski definition) is 1. The van der Waals surface area contributed by atoms with Gasteiger partial charge in [0.25, 0.3) is 0 Å². The van der Waals surface area contributed by atoms with Crippen molar-refractivity contribution < 1.29 is 8.91 Å². The second-order valence-electron chi connectivity index (χ2n) is 4.53. The lowest BCUT2D eigenvalue weighted by atomic mass is 10.0. The maximum atomic E-state index is 13.2. The fourth-order valence-corrected chi connectivity index (χ4v) is 2.42. The van der Waals surface area contributed by atoms with E-state index < -0.39 is 5.82 Å². The standard InChI is InChI=1S/C15H11ClFN3O/c1-8-10(3-2-6-19-8)14-13(15(18)20-21-14)11-5-4-9(17)7-12(11)16/h2-7H,1H3,(H2,18,20). The lowest BCUT2D eigenvalue weighted by molar-refractivity contribution is 0.435. The first kappa shape index (κ1) is 13.6. The molecular weight excluding hydrogens is 293 g/mol. The molecule has 0 fully saturated rings. The van der Waals surface area contributed by atoms with E-state index >= 15 is 0 Å². The molecule has 2 aromatic heterocycles. The number of halogens is 2. The van der Waals surface area contributed by atoms with E-state index in [9.17, 15) is 4.39 Å². The van der Waals surface area contributed by atoms with Crippen LogP contribution in [0, 0.1) is 12.7 Å². The van der Waals surface area contributed by atoms with Gasteiger partial charge >= 0.3 is 0 Å². The molecule has 0 aliphatic rings. The van der Waals surface area contributed by atoms with Gasteiger partial charge in [-0.3, -0.25) is 4.98 Å². The number of aryl methyl sites for hydroxylation is 1. The number of benzene rings is 1. The molecule has 2 heterocycles. The summed E-state index contributed by atoms with van der Waals surface area (Å²) in [5, 5.41) is 4.04. The lowest BCUT2D eigenvalue weighted by Gasteiger charge is -2.06. The van der Waals surface area contributed by atoms with Crippen molar-refractivity contribution in [1.29, 1.82) is 0 Å². The third-order valence-electron chi connectivity index (χ3n) is 3.17. The van der Waals surface area contributed by atoms with Gasteiger partial charge in [0.1, 0.15) is 5.82 Å². The molecular formula is C15H11ClFN3O. The predicted octanol–water partition coefficient (Wildman–Crippen LogP) is 4.09. The van der Waals surface area contributed by atoms with Gasteiger partial charge in [0.15, 0.2) is 11.6 Å². The molecule has 0 atom stereocenters. The Balaban J connectivity index is 2.25. The van der Waals surface area contributed by atoms with Gasteiger partial charge in [0.2, 0.25) is 0 Å². The molecule has 6 heteroatoms. The molecule has 2 N–H and O–H groups in total. The number of aromatic nitrogens is 2. The van der Waals surface area contributed by atoms with Crippen molar-refractivity contribution in [3.8, 4) is 22.5 Å². The van der Waals surface area contributed by atoms with E-state index in [1.807, 2.05) is 13.0 Å². The van der Waals surface area contributed by atoms with E-state index in [1.165, 1.54) is 12.1 Å². The molecule has 3 aromatic rings. The van der Waals surface area contributed by atoms with Crippen molar-refractivity contribution in [2.45, 2.75) is 6.92 Å². The zero-order chi connectivity index (χ0) is 15.0. The number of anilines is 1. The molecule has 0 aliphatic heterocycles. The second kappa shape index (κ2) is 5.18. The van der Waals surface area contributed by atoms with Gasteiger partial charge < -0.3 is 10.3 Å². The quantitative estimate of drug-likeness (QED) is 0.774. The summed E-state index contributed by atoms with van der Waals surface area (Å²) < 4.78 is 18.5. The summed E-state index contributed by atoms with van der Waals surface area (Å²) in [5.41, 5.74) is 8.53. The normalized spacial score (nSPS) is 10.8. The van der Waals surface area contributed by atoms with Crippen LogP contribution in [-0.4, -0.2) is 10.1 Å². The van der Waals surface area contributed by atoms with Crippen LogP contribution in [0.4, 0.5) is 10.2 Å². The lowest BCUT2D eigenvalue weighted by Crippen LogP contribution is -1.92. The largest absolute Gasteiger partial charge is 0.380 e. The van der Waals surface area contributed by atoms with E-state index in [0.29, 0.717) is 16.9 Å². The predicted molar refractivity (Wildman–Crippen MR) is 79.3 cm³/mol. The molecule has 0 saturated heterocycles. The Hall–Kier alpha value is -2.40. The van der Waals surface area contributed by atoms with Crippen LogP contribution >= 0.6 is 11.6 Å². The van der Waals surface area contributed by atoms with Crippen molar-refractivity contribution >= 4 is 17.4 Å². The Bertz CT molecular complexity index is 816. The van der Waals surface area contributed by atoms with Gasteiger partial charge in [0.05, 0.1) is 10.6 Å². The molecule has 4 nitrogen and oxygen atoms in total. The van der Waals surface area contributed by atoms with Crippen LogP contribution in [-0.2, 0) is 0 Å². The molecule has 0 aliphatic carbocycles. The number of nitrogens with two attached hydrogens (primary N) is 1. The molecule has 0 spiro atoms. The number of nitrogens with zero attached hydrogens (tertiary/aromatic N) is 2. The highest BCUT2D eigenvalue weighted by molar-refractivity contribution is 6.33. The maximum absolute atomic E-state index is 13.2. The summed E-state index contributed by atoms with van der Waals surface area (Å²) in [6.45, 7) is 1.85. The topological polar surface area (TPSA) is 64.9 Å². The summed E-state index contributed by atoms with van der Waals surface area (Å²) >= 11 is 6.11. The maximum Gasteiger partial charge on any atom is 0.178 e. The van der Waals surface area contributed by atoms with E-state index in [1.54, 1.807) is 18.3 Å². The zero-order valence-electron chi connectivity index (χ0n) is 11.1. The SMILES string of the molecule is Cc1ncccc1-c1onc(N)c1-c1ccc(F)cc1Cl. The van der Waals surface area contributed by atoms with E-state index in [4.69, 9.17) is 21.9 Å². The molecule has 0 radical (unpaired) electrons. The van der Waals surface area contributed by atoms with Gasteiger partial charge in [-0.25, -0.2) is 4.39 Å². The van der Waals surface area contributed by atoms with Crippen molar-refractivity contribution in [3.05, 3.63) is 53.1 Å². The summed E-state index contributed by atoms with van der Waals surface area (Å²) in [5.74, 6) is 0.242. The average molecular weight is 304 g/mol. The monoisotopic (exact) mass is 303 g/mol. The van der Waals surface area contributed by atoms with Crippen molar-refractivity contribution in [2.24, 2.45) is 0 Å². The smallest absolute Gasteiger partial charge is 0.178 e. The van der Waals surface area contributed by atoms with Gasteiger partial charge in [0, 0.05) is 23.0 Å². The first-order chi connectivity index (χ1) is 10.1. The molecule has 21 heavy (non-hydrogen) atoms. The van der Waals surface area contributed by atoms with Gasteiger partial charge in [-0.1, -0.05) is 16.8 Å². The minimum absolute atomic E-state index is 0.196. The third kappa shape index (κ3) is 2.36. The Kier molecular flexibility index (Phi) is 3.35. The molecule has 0 bridgehead atoms. The fraction of sp³-hybridized carbons (Fsp3) is 0.0667. The van der Waals surface area contributed by atoms with Crippen LogP contribution in [0.5, 0.6) is 0 Å². The first-order valence-corrected chi connectivity index (χ1v) is 6.58. The number of nitrogen functional groups attached to an aromatic ring is 1. The Morgan fingerprint density at radius 3 is 2.76 bits per heavy atom. The van der Waals surface area contributed by atoms with Crippen LogP contribution < -0.4 is 5.73 Å². The first-order valence-electron chi connectivity index (χ1n) is 6.20. The number of rotatable bonds is 2. The Morgan fingerprint density at radius 2 is 2.05 bits per heavy atom. The number of hydrogen-bond acceptors (Lipinski definition) is 4. The van der Waals surface area contributed by atoms with Gasteiger partial charge in [-0.2, -0.15) is 0 Å². The molecule has 0 amide bonds. The highest BCUT2D eigenvalue weighted by Crippen LogP contribution is 2.40.